The molecule has 0 aromatic carbocycles. The van der Waals surface area contributed by atoms with E-state index in [-0.39, 0.29) is 23.4 Å². The lowest BCUT2D eigenvalue weighted by Crippen LogP contribution is -2.02. The number of aromatic nitrogens is 1. The Bertz CT molecular complexity index is 399. The lowest BCUT2D eigenvalue weighted by atomic mass is 10.1. The summed E-state index contributed by atoms with van der Waals surface area (Å²) in [5.41, 5.74) is 0.544. The zero-order chi connectivity index (χ0) is 11.4. The van der Waals surface area contributed by atoms with Crippen LogP contribution in [0, 0.1) is 18.3 Å². The number of alkyl halides is 2. The van der Waals surface area contributed by atoms with E-state index in [0.29, 0.717) is 5.69 Å². The first-order chi connectivity index (χ1) is 7.10. The summed E-state index contributed by atoms with van der Waals surface area (Å²) >= 11 is 0. The molecule has 0 saturated carbocycles. The summed E-state index contributed by atoms with van der Waals surface area (Å²) < 4.78 is 30.2. The van der Waals surface area contributed by atoms with Crippen molar-refractivity contribution in [3.63, 3.8) is 0 Å². The first kappa shape index (κ1) is 11.4. The molecule has 5 heteroatoms. The quantitative estimate of drug-likeness (QED) is 0.772. The number of ether oxygens (including phenoxy) is 1. The number of aryl methyl sites for hydroxylation is 1. The summed E-state index contributed by atoms with van der Waals surface area (Å²) in [6.45, 7) is 1.67. The molecule has 0 aliphatic heterocycles. The van der Waals surface area contributed by atoms with Crippen LogP contribution in [0.2, 0.25) is 0 Å². The number of rotatable bonds is 3. The van der Waals surface area contributed by atoms with Gasteiger partial charge in [-0.2, -0.15) is 5.26 Å². The Balaban J connectivity index is 3.34. The Labute approximate surface area is 86.3 Å². The number of nitrogens with zero attached hydrogens (tertiary/aromatic N) is 2. The Morgan fingerprint density at radius 3 is 2.73 bits per heavy atom. The van der Waals surface area contributed by atoms with E-state index < -0.39 is 6.43 Å². The third kappa shape index (κ3) is 2.40. The maximum Gasteiger partial charge on any atom is 0.269 e. The number of pyridine rings is 1. The van der Waals surface area contributed by atoms with Crippen molar-refractivity contribution in [3.8, 4) is 11.9 Å². The maximum atomic E-state index is 12.7. The van der Waals surface area contributed by atoms with Crippen molar-refractivity contribution >= 4 is 0 Å². The van der Waals surface area contributed by atoms with Gasteiger partial charge in [-0.25, -0.2) is 13.8 Å². The SMILES string of the molecule is COc1nc(C)cc(CC#N)c1C(F)F. The van der Waals surface area contributed by atoms with Gasteiger partial charge >= 0.3 is 0 Å². The van der Waals surface area contributed by atoms with Crippen molar-refractivity contribution in [2.75, 3.05) is 7.11 Å². The van der Waals surface area contributed by atoms with E-state index in [9.17, 15) is 8.78 Å². The van der Waals surface area contributed by atoms with Gasteiger partial charge in [0.05, 0.1) is 25.2 Å². The van der Waals surface area contributed by atoms with Gasteiger partial charge in [0.15, 0.2) is 0 Å². The summed E-state index contributed by atoms with van der Waals surface area (Å²) in [6, 6.07) is 3.32. The van der Waals surface area contributed by atoms with Crippen molar-refractivity contribution in [3.05, 3.63) is 22.9 Å². The second kappa shape index (κ2) is 4.69. The maximum absolute atomic E-state index is 12.7. The van der Waals surface area contributed by atoms with Gasteiger partial charge in [0.2, 0.25) is 5.88 Å². The molecule has 0 fully saturated rings. The van der Waals surface area contributed by atoms with Crippen molar-refractivity contribution < 1.29 is 13.5 Å². The number of nitriles is 1. The monoisotopic (exact) mass is 212 g/mol. The molecule has 0 atom stereocenters. The van der Waals surface area contributed by atoms with Crippen LogP contribution in [0.3, 0.4) is 0 Å². The molecule has 0 unspecified atom stereocenters. The molecule has 0 radical (unpaired) electrons. The molecule has 1 heterocycles. The lowest BCUT2D eigenvalue weighted by molar-refractivity contribution is 0.145. The second-order valence-corrected chi connectivity index (χ2v) is 2.98. The highest BCUT2D eigenvalue weighted by Gasteiger charge is 2.20. The third-order valence-corrected chi connectivity index (χ3v) is 1.92. The summed E-state index contributed by atoms with van der Waals surface area (Å²) in [6.07, 6.45) is -2.75. The predicted molar refractivity (Wildman–Crippen MR) is 49.8 cm³/mol. The minimum absolute atomic E-state index is 0.0700. The Kier molecular flexibility index (Phi) is 3.56. The fraction of sp³-hybridized carbons (Fsp3) is 0.400. The summed E-state index contributed by atoms with van der Waals surface area (Å²) in [5, 5.41) is 8.52. The Hall–Kier alpha value is -1.70. The fourth-order valence-corrected chi connectivity index (χ4v) is 1.34. The van der Waals surface area contributed by atoms with Gasteiger partial charge in [0.25, 0.3) is 6.43 Å². The van der Waals surface area contributed by atoms with Crippen molar-refractivity contribution in [1.82, 2.24) is 4.98 Å². The number of hydrogen-bond acceptors (Lipinski definition) is 3. The van der Waals surface area contributed by atoms with Gasteiger partial charge in [0.1, 0.15) is 0 Å². The van der Waals surface area contributed by atoms with Crippen LogP contribution < -0.4 is 4.74 Å². The number of hydrogen-bond donors (Lipinski definition) is 0. The van der Waals surface area contributed by atoms with E-state index in [2.05, 4.69) is 4.98 Å². The molecular formula is C10H10F2N2O. The summed E-state index contributed by atoms with van der Waals surface area (Å²) in [4.78, 5) is 3.84. The molecule has 0 bridgehead atoms. The van der Waals surface area contributed by atoms with Crippen LogP contribution in [-0.4, -0.2) is 12.1 Å². The highest BCUT2D eigenvalue weighted by atomic mass is 19.3. The Morgan fingerprint density at radius 1 is 1.60 bits per heavy atom. The third-order valence-electron chi connectivity index (χ3n) is 1.92. The van der Waals surface area contributed by atoms with Gasteiger partial charge < -0.3 is 4.74 Å². The van der Waals surface area contributed by atoms with Crippen LogP contribution in [0.1, 0.15) is 23.2 Å². The molecule has 1 aromatic heterocycles. The second-order valence-electron chi connectivity index (χ2n) is 2.98. The summed E-state index contributed by atoms with van der Waals surface area (Å²) in [5.74, 6) is -0.102. The molecule has 80 valence electrons. The number of halogens is 2. The van der Waals surface area contributed by atoms with Crippen molar-refractivity contribution in [2.45, 2.75) is 19.8 Å². The van der Waals surface area contributed by atoms with Gasteiger partial charge in [0, 0.05) is 5.69 Å². The van der Waals surface area contributed by atoms with Gasteiger partial charge in [-0.1, -0.05) is 0 Å². The first-order valence-electron chi connectivity index (χ1n) is 4.29. The Morgan fingerprint density at radius 2 is 2.27 bits per heavy atom. The molecule has 0 amide bonds. The minimum atomic E-state index is -2.68. The molecule has 0 spiro atoms. The van der Waals surface area contributed by atoms with Crippen LogP contribution in [0.4, 0.5) is 8.78 Å². The van der Waals surface area contributed by atoms with Crippen LogP contribution in [0.15, 0.2) is 6.07 Å². The van der Waals surface area contributed by atoms with E-state index in [1.54, 1.807) is 6.92 Å². The van der Waals surface area contributed by atoms with E-state index in [1.165, 1.54) is 13.2 Å². The van der Waals surface area contributed by atoms with Crippen LogP contribution in [-0.2, 0) is 6.42 Å². The largest absolute Gasteiger partial charge is 0.481 e. The average Bonchev–Trinajstić information content (AvgIpc) is 2.16. The van der Waals surface area contributed by atoms with Gasteiger partial charge in [-0.15, -0.1) is 0 Å². The molecule has 0 N–H and O–H groups in total. The summed E-state index contributed by atoms with van der Waals surface area (Å²) in [7, 11) is 1.28. The normalized spacial score (nSPS) is 10.1. The molecule has 3 nitrogen and oxygen atoms in total. The van der Waals surface area contributed by atoms with Gasteiger partial charge in [-0.3, -0.25) is 0 Å². The molecular weight excluding hydrogens is 202 g/mol. The smallest absolute Gasteiger partial charge is 0.269 e. The highest BCUT2D eigenvalue weighted by Crippen LogP contribution is 2.31. The van der Waals surface area contributed by atoms with E-state index in [4.69, 9.17) is 10.00 Å². The van der Waals surface area contributed by atoms with E-state index in [0.717, 1.165) is 0 Å². The molecule has 1 aromatic rings. The zero-order valence-electron chi connectivity index (χ0n) is 8.42. The molecule has 0 aliphatic rings. The van der Waals surface area contributed by atoms with Crippen molar-refractivity contribution in [2.24, 2.45) is 0 Å². The zero-order valence-corrected chi connectivity index (χ0v) is 8.42. The number of methoxy groups -OCH3 is 1. The van der Waals surface area contributed by atoms with Crippen LogP contribution in [0.5, 0.6) is 5.88 Å². The van der Waals surface area contributed by atoms with E-state index >= 15 is 0 Å². The van der Waals surface area contributed by atoms with Crippen molar-refractivity contribution in [1.29, 1.82) is 5.26 Å². The standard InChI is InChI=1S/C10H10F2N2O/c1-6-5-7(3-4-13)8(9(11)12)10(14-6)15-2/h5,9H,3H2,1-2H3. The minimum Gasteiger partial charge on any atom is -0.481 e. The topological polar surface area (TPSA) is 45.9 Å². The molecule has 0 aliphatic carbocycles. The molecule has 0 saturated heterocycles. The van der Waals surface area contributed by atoms with Gasteiger partial charge in [-0.05, 0) is 18.6 Å². The predicted octanol–water partition coefficient (Wildman–Crippen LogP) is 2.40. The average molecular weight is 212 g/mol. The fourth-order valence-electron chi connectivity index (χ4n) is 1.34. The van der Waals surface area contributed by atoms with Crippen LogP contribution in [0.25, 0.3) is 0 Å². The molecule has 15 heavy (non-hydrogen) atoms. The van der Waals surface area contributed by atoms with E-state index in [1.807, 2.05) is 6.07 Å². The highest BCUT2D eigenvalue weighted by molar-refractivity contribution is 5.39. The molecule has 1 rings (SSSR count). The lowest BCUT2D eigenvalue weighted by Gasteiger charge is -2.11. The van der Waals surface area contributed by atoms with Crippen LogP contribution >= 0.6 is 0 Å². The first-order valence-corrected chi connectivity index (χ1v) is 4.29.